The molecule has 3 aromatic rings. The summed E-state index contributed by atoms with van der Waals surface area (Å²) in [5, 5.41) is 3.73. The Balaban J connectivity index is 1.65. The van der Waals surface area contributed by atoms with E-state index in [0.29, 0.717) is 18.6 Å². The van der Waals surface area contributed by atoms with Crippen LogP contribution in [0.1, 0.15) is 12.0 Å². The SMILES string of the molecule is Fc1ccc(-c2nc(-c3ccc(OC4CCOC4)c(C(F)(F)F)c3)no2)cc1. The molecule has 2 heterocycles. The van der Waals surface area contributed by atoms with Crippen molar-refractivity contribution in [3.05, 3.63) is 53.8 Å². The summed E-state index contributed by atoms with van der Waals surface area (Å²) < 4.78 is 69.3. The van der Waals surface area contributed by atoms with Gasteiger partial charge in [-0.05, 0) is 42.5 Å². The molecular formula is C19H14F4N2O3. The quantitative estimate of drug-likeness (QED) is 0.599. The second-order valence-corrected chi connectivity index (χ2v) is 6.24. The van der Waals surface area contributed by atoms with Gasteiger partial charge in [-0.3, -0.25) is 0 Å². The highest BCUT2D eigenvalue weighted by atomic mass is 19.4. The second-order valence-electron chi connectivity index (χ2n) is 6.24. The zero-order valence-electron chi connectivity index (χ0n) is 14.4. The minimum Gasteiger partial charge on any atom is -0.487 e. The molecule has 4 rings (SSSR count). The molecule has 146 valence electrons. The van der Waals surface area contributed by atoms with E-state index in [9.17, 15) is 17.6 Å². The molecule has 1 aliphatic rings. The standard InChI is InChI=1S/C19H14F4N2O3/c20-13-4-1-11(2-5-13)18-24-17(25-28-18)12-3-6-16(15(9-12)19(21,22)23)27-14-7-8-26-10-14/h1-6,9,14H,7-8,10H2. The fraction of sp³-hybridized carbons (Fsp3) is 0.263. The number of halogens is 4. The van der Waals surface area contributed by atoms with Crippen LogP contribution >= 0.6 is 0 Å². The molecule has 1 aromatic heterocycles. The molecule has 0 spiro atoms. The largest absolute Gasteiger partial charge is 0.487 e. The fourth-order valence-electron chi connectivity index (χ4n) is 2.83. The van der Waals surface area contributed by atoms with Gasteiger partial charge in [0.15, 0.2) is 0 Å². The maximum absolute atomic E-state index is 13.5. The van der Waals surface area contributed by atoms with Gasteiger partial charge in [0.1, 0.15) is 17.7 Å². The van der Waals surface area contributed by atoms with Gasteiger partial charge in [0.05, 0.1) is 18.8 Å². The molecule has 0 amide bonds. The Labute approximate surface area is 156 Å². The van der Waals surface area contributed by atoms with Crippen LogP contribution in [0, 0.1) is 5.82 Å². The minimum atomic E-state index is -4.62. The van der Waals surface area contributed by atoms with Crippen LogP contribution in [0.5, 0.6) is 5.75 Å². The van der Waals surface area contributed by atoms with Crippen LogP contribution in [0.4, 0.5) is 17.6 Å². The van der Waals surface area contributed by atoms with E-state index in [1.807, 2.05) is 0 Å². The Morgan fingerprint density at radius 2 is 1.79 bits per heavy atom. The van der Waals surface area contributed by atoms with Crippen molar-refractivity contribution in [3.63, 3.8) is 0 Å². The van der Waals surface area contributed by atoms with E-state index in [-0.39, 0.29) is 29.6 Å². The maximum Gasteiger partial charge on any atom is 0.419 e. The first-order valence-electron chi connectivity index (χ1n) is 8.46. The lowest BCUT2D eigenvalue weighted by atomic mass is 10.1. The average Bonchev–Trinajstić information content (AvgIpc) is 3.34. The average molecular weight is 394 g/mol. The summed E-state index contributed by atoms with van der Waals surface area (Å²) in [6.45, 7) is 0.712. The number of alkyl halides is 3. The highest BCUT2D eigenvalue weighted by Crippen LogP contribution is 2.39. The Bertz CT molecular complexity index is 964. The van der Waals surface area contributed by atoms with E-state index in [0.717, 1.165) is 6.07 Å². The highest BCUT2D eigenvalue weighted by Gasteiger charge is 2.36. The number of benzene rings is 2. The second kappa shape index (κ2) is 7.23. The number of ether oxygens (including phenoxy) is 2. The third-order valence-corrected chi connectivity index (χ3v) is 4.24. The molecule has 2 aromatic carbocycles. The normalized spacial score (nSPS) is 17.1. The molecule has 28 heavy (non-hydrogen) atoms. The number of hydrogen-bond acceptors (Lipinski definition) is 5. The molecule has 5 nitrogen and oxygen atoms in total. The van der Waals surface area contributed by atoms with E-state index in [4.69, 9.17) is 14.0 Å². The van der Waals surface area contributed by atoms with Crippen molar-refractivity contribution in [2.24, 2.45) is 0 Å². The third kappa shape index (κ3) is 3.84. The Hall–Kier alpha value is -2.94. The van der Waals surface area contributed by atoms with Gasteiger partial charge in [-0.2, -0.15) is 18.2 Å². The lowest BCUT2D eigenvalue weighted by Crippen LogP contribution is -2.18. The lowest BCUT2D eigenvalue weighted by Gasteiger charge is -2.17. The number of hydrogen-bond donors (Lipinski definition) is 0. The molecule has 0 saturated carbocycles. The predicted molar refractivity (Wildman–Crippen MR) is 90.0 cm³/mol. The van der Waals surface area contributed by atoms with Crippen LogP contribution in [0.15, 0.2) is 47.0 Å². The van der Waals surface area contributed by atoms with Crippen molar-refractivity contribution in [3.8, 4) is 28.6 Å². The molecule has 0 bridgehead atoms. The van der Waals surface area contributed by atoms with Crippen molar-refractivity contribution >= 4 is 0 Å². The zero-order valence-corrected chi connectivity index (χ0v) is 14.4. The van der Waals surface area contributed by atoms with Gasteiger partial charge in [0, 0.05) is 17.5 Å². The molecule has 0 N–H and O–H groups in total. The summed E-state index contributed by atoms with van der Waals surface area (Å²) in [6.07, 6.45) is -4.50. The van der Waals surface area contributed by atoms with Crippen LogP contribution < -0.4 is 4.74 Å². The van der Waals surface area contributed by atoms with Crippen LogP contribution in [0.3, 0.4) is 0 Å². The monoisotopic (exact) mass is 394 g/mol. The molecule has 1 fully saturated rings. The molecule has 0 aliphatic carbocycles. The summed E-state index contributed by atoms with van der Waals surface area (Å²) in [4.78, 5) is 4.11. The van der Waals surface area contributed by atoms with Crippen LogP contribution in [-0.2, 0) is 10.9 Å². The van der Waals surface area contributed by atoms with Crippen molar-refractivity contribution in [1.29, 1.82) is 0 Å². The van der Waals surface area contributed by atoms with E-state index < -0.39 is 23.7 Å². The molecule has 0 radical (unpaired) electrons. The predicted octanol–water partition coefficient (Wildman–Crippen LogP) is 4.73. The van der Waals surface area contributed by atoms with Crippen LogP contribution in [-0.4, -0.2) is 29.5 Å². The van der Waals surface area contributed by atoms with Crippen molar-refractivity contribution in [2.45, 2.75) is 18.7 Å². The highest BCUT2D eigenvalue weighted by molar-refractivity contribution is 5.62. The summed E-state index contributed by atoms with van der Waals surface area (Å²) in [7, 11) is 0. The third-order valence-electron chi connectivity index (χ3n) is 4.24. The number of rotatable bonds is 4. The van der Waals surface area contributed by atoms with Gasteiger partial charge in [-0.1, -0.05) is 5.16 Å². The lowest BCUT2D eigenvalue weighted by molar-refractivity contribution is -0.139. The topological polar surface area (TPSA) is 57.4 Å². The first-order valence-corrected chi connectivity index (χ1v) is 8.46. The molecule has 1 aliphatic heterocycles. The van der Waals surface area contributed by atoms with Gasteiger partial charge >= 0.3 is 6.18 Å². The van der Waals surface area contributed by atoms with E-state index in [2.05, 4.69) is 10.1 Å². The summed E-state index contributed by atoms with van der Waals surface area (Å²) >= 11 is 0. The Morgan fingerprint density at radius 1 is 1.04 bits per heavy atom. The van der Waals surface area contributed by atoms with Crippen molar-refractivity contribution in [2.75, 3.05) is 13.2 Å². The van der Waals surface area contributed by atoms with Crippen molar-refractivity contribution in [1.82, 2.24) is 10.1 Å². The van der Waals surface area contributed by atoms with Crippen LogP contribution in [0.25, 0.3) is 22.8 Å². The Morgan fingerprint density at radius 3 is 2.46 bits per heavy atom. The van der Waals surface area contributed by atoms with Gasteiger partial charge in [0.2, 0.25) is 5.82 Å². The van der Waals surface area contributed by atoms with Gasteiger partial charge in [-0.25, -0.2) is 4.39 Å². The smallest absolute Gasteiger partial charge is 0.419 e. The maximum atomic E-state index is 13.5. The molecule has 1 unspecified atom stereocenters. The minimum absolute atomic E-state index is 0.0134. The first kappa shape index (κ1) is 18.4. The first-order chi connectivity index (χ1) is 13.4. The zero-order chi connectivity index (χ0) is 19.7. The molecule has 9 heteroatoms. The molecule has 1 atom stereocenters. The molecule has 1 saturated heterocycles. The fourth-order valence-corrected chi connectivity index (χ4v) is 2.83. The van der Waals surface area contributed by atoms with Gasteiger partial charge in [0.25, 0.3) is 5.89 Å². The van der Waals surface area contributed by atoms with Gasteiger partial charge < -0.3 is 14.0 Å². The van der Waals surface area contributed by atoms with E-state index in [1.54, 1.807) is 0 Å². The summed E-state index contributed by atoms with van der Waals surface area (Å²) in [6, 6.07) is 8.91. The van der Waals surface area contributed by atoms with Gasteiger partial charge in [-0.15, -0.1) is 0 Å². The van der Waals surface area contributed by atoms with E-state index >= 15 is 0 Å². The summed E-state index contributed by atoms with van der Waals surface area (Å²) in [5.74, 6) is -0.636. The molecular weight excluding hydrogens is 380 g/mol. The number of nitrogens with zero attached hydrogens (tertiary/aromatic N) is 2. The summed E-state index contributed by atoms with van der Waals surface area (Å²) in [5.41, 5.74) is -0.345. The number of aromatic nitrogens is 2. The van der Waals surface area contributed by atoms with Crippen molar-refractivity contribution < 1.29 is 31.6 Å². The van der Waals surface area contributed by atoms with Crippen LogP contribution in [0.2, 0.25) is 0 Å². The Kier molecular flexibility index (Phi) is 4.76. The van der Waals surface area contributed by atoms with E-state index in [1.165, 1.54) is 36.4 Å².